The highest BCUT2D eigenvalue weighted by atomic mass is 79.9. The van der Waals surface area contributed by atoms with Crippen LogP contribution in [0.1, 0.15) is 37.7 Å². The number of hydrogen-bond acceptors (Lipinski definition) is 3. The van der Waals surface area contributed by atoms with E-state index in [0.29, 0.717) is 22.6 Å². The van der Waals surface area contributed by atoms with Gasteiger partial charge in [0.15, 0.2) is 0 Å². The van der Waals surface area contributed by atoms with Crippen molar-refractivity contribution in [2.75, 3.05) is 0 Å². The van der Waals surface area contributed by atoms with Crippen molar-refractivity contribution < 1.29 is 4.74 Å². The summed E-state index contributed by atoms with van der Waals surface area (Å²) in [6, 6.07) is 5.90. The van der Waals surface area contributed by atoms with E-state index in [-0.39, 0.29) is 5.41 Å². The third kappa shape index (κ3) is 3.74. The second-order valence-electron chi connectivity index (χ2n) is 6.05. The van der Waals surface area contributed by atoms with Gasteiger partial charge in [0.1, 0.15) is 16.7 Å². The van der Waals surface area contributed by atoms with Gasteiger partial charge in [0, 0.05) is 11.0 Å². The van der Waals surface area contributed by atoms with Crippen LogP contribution in [0.4, 0.5) is 0 Å². The van der Waals surface area contributed by atoms with Gasteiger partial charge in [-0.25, -0.2) is 4.98 Å². The summed E-state index contributed by atoms with van der Waals surface area (Å²) in [6.45, 7) is 10.0. The lowest BCUT2D eigenvalue weighted by molar-refractivity contribution is 0.439. The Kier molecular flexibility index (Phi) is 4.59. The predicted octanol–water partition coefficient (Wildman–Crippen LogP) is 5.60. The van der Waals surface area contributed by atoms with Crippen molar-refractivity contribution in [3.05, 3.63) is 44.8 Å². The number of ether oxygens (including phenoxy) is 1. The van der Waals surface area contributed by atoms with E-state index in [0.717, 1.165) is 15.6 Å². The molecule has 0 aliphatic carbocycles. The van der Waals surface area contributed by atoms with Gasteiger partial charge in [0.2, 0.25) is 5.88 Å². The minimum absolute atomic E-state index is 0.194. The van der Waals surface area contributed by atoms with Gasteiger partial charge in [-0.05, 0) is 47.5 Å². The van der Waals surface area contributed by atoms with E-state index in [1.54, 1.807) is 0 Å². The zero-order valence-electron chi connectivity index (χ0n) is 12.8. The van der Waals surface area contributed by atoms with E-state index in [4.69, 9.17) is 16.3 Å². The fourth-order valence-electron chi connectivity index (χ4n) is 1.70. The van der Waals surface area contributed by atoms with Crippen LogP contribution in [0.15, 0.2) is 22.7 Å². The zero-order chi connectivity index (χ0) is 15.8. The van der Waals surface area contributed by atoms with Crippen molar-refractivity contribution in [2.45, 2.75) is 40.0 Å². The molecule has 2 aromatic rings. The largest absolute Gasteiger partial charge is 0.437 e. The first-order valence-corrected chi connectivity index (χ1v) is 7.84. The molecule has 112 valence electrons. The lowest BCUT2D eigenvalue weighted by Gasteiger charge is -2.19. The summed E-state index contributed by atoms with van der Waals surface area (Å²) >= 11 is 9.72. The second kappa shape index (κ2) is 5.93. The SMILES string of the molecule is Cc1ccc(Oc2nc(C(C)(C)C)nc(Cl)c2C)c(Br)c1. The second-order valence-corrected chi connectivity index (χ2v) is 7.27. The lowest BCUT2D eigenvalue weighted by atomic mass is 9.96. The van der Waals surface area contributed by atoms with Gasteiger partial charge in [-0.15, -0.1) is 0 Å². The molecule has 0 radical (unpaired) electrons. The highest BCUT2D eigenvalue weighted by molar-refractivity contribution is 9.10. The minimum atomic E-state index is -0.194. The molecule has 0 atom stereocenters. The number of halogens is 2. The summed E-state index contributed by atoms with van der Waals surface area (Å²) in [4.78, 5) is 8.87. The van der Waals surface area contributed by atoms with Gasteiger partial charge >= 0.3 is 0 Å². The van der Waals surface area contributed by atoms with Crippen LogP contribution in [0, 0.1) is 13.8 Å². The maximum atomic E-state index is 6.21. The molecule has 0 saturated carbocycles. The van der Waals surface area contributed by atoms with Gasteiger partial charge in [-0.1, -0.05) is 38.4 Å². The predicted molar refractivity (Wildman–Crippen MR) is 89.4 cm³/mol. The Bertz CT molecular complexity index is 681. The third-order valence-corrected chi connectivity index (χ3v) is 3.99. The topological polar surface area (TPSA) is 35.0 Å². The molecular formula is C16H18BrClN2O. The molecule has 0 aliphatic rings. The van der Waals surface area contributed by atoms with E-state index in [9.17, 15) is 0 Å². The number of hydrogen-bond donors (Lipinski definition) is 0. The Morgan fingerprint density at radius 2 is 1.81 bits per heavy atom. The Hall–Kier alpha value is -1.13. The van der Waals surface area contributed by atoms with Crippen LogP contribution in [-0.2, 0) is 5.41 Å². The molecule has 0 spiro atoms. The van der Waals surface area contributed by atoms with Gasteiger partial charge < -0.3 is 4.74 Å². The zero-order valence-corrected chi connectivity index (χ0v) is 15.1. The van der Waals surface area contributed by atoms with Gasteiger partial charge in [-0.3, -0.25) is 0 Å². The number of rotatable bonds is 2. The first-order chi connectivity index (χ1) is 9.68. The monoisotopic (exact) mass is 368 g/mol. The summed E-state index contributed by atoms with van der Waals surface area (Å²) in [5, 5.41) is 0.424. The number of benzene rings is 1. The molecule has 0 N–H and O–H groups in total. The number of nitrogens with zero attached hydrogens (tertiary/aromatic N) is 2. The Morgan fingerprint density at radius 1 is 1.14 bits per heavy atom. The van der Waals surface area contributed by atoms with E-state index >= 15 is 0 Å². The van der Waals surface area contributed by atoms with Crippen molar-refractivity contribution >= 4 is 27.5 Å². The van der Waals surface area contributed by atoms with Crippen molar-refractivity contribution in [2.24, 2.45) is 0 Å². The minimum Gasteiger partial charge on any atom is -0.437 e. The fourth-order valence-corrected chi connectivity index (χ4v) is 2.43. The third-order valence-electron chi connectivity index (χ3n) is 3.01. The average molecular weight is 370 g/mol. The Labute approximate surface area is 138 Å². The molecule has 1 heterocycles. The van der Waals surface area contributed by atoms with E-state index in [2.05, 4.69) is 25.9 Å². The quantitative estimate of drug-likeness (QED) is 0.646. The van der Waals surface area contributed by atoms with Crippen LogP contribution < -0.4 is 4.74 Å². The van der Waals surface area contributed by atoms with Crippen molar-refractivity contribution in [1.82, 2.24) is 9.97 Å². The van der Waals surface area contributed by atoms with Crippen LogP contribution in [0.2, 0.25) is 5.15 Å². The standard InChI is InChI=1S/C16H18BrClN2O/c1-9-6-7-12(11(17)8-9)21-14-10(2)13(18)19-15(20-14)16(3,4)5/h6-8H,1-5H3. The molecule has 0 saturated heterocycles. The first-order valence-electron chi connectivity index (χ1n) is 6.67. The maximum Gasteiger partial charge on any atom is 0.227 e. The molecule has 3 nitrogen and oxygen atoms in total. The summed E-state index contributed by atoms with van der Waals surface area (Å²) in [5.41, 5.74) is 1.69. The van der Waals surface area contributed by atoms with Crippen molar-refractivity contribution in [1.29, 1.82) is 0 Å². The normalized spacial score (nSPS) is 11.6. The molecule has 0 fully saturated rings. The van der Waals surface area contributed by atoms with Crippen molar-refractivity contribution in [3.8, 4) is 11.6 Å². The molecule has 21 heavy (non-hydrogen) atoms. The van der Waals surface area contributed by atoms with Crippen LogP contribution >= 0.6 is 27.5 Å². The highest BCUT2D eigenvalue weighted by Crippen LogP contribution is 2.34. The smallest absolute Gasteiger partial charge is 0.227 e. The summed E-state index contributed by atoms with van der Waals surface area (Å²) in [6.07, 6.45) is 0. The molecule has 2 rings (SSSR count). The van der Waals surface area contributed by atoms with Crippen LogP contribution in [0.5, 0.6) is 11.6 Å². The van der Waals surface area contributed by atoms with E-state index < -0.39 is 0 Å². The van der Waals surface area contributed by atoms with Gasteiger partial charge in [0.25, 0.3) is 0 Å². The van der Waals surface area contributed by atoms with Crippen molar-refractivity contribution in [3.63, 3.8) is 0 Å². The van der Waals surface area contributed by atoms with Gasteiger partial charge in [0.05, 0.1) is 4.47 Å². The molecule has 0 unspecified atom stereocenters. The molecule has 0 bridgehead atoms. The fraction of sp³-hybridized carbons (Fsp3) is 0.375. The van der Waals surface area contributed by atoms with Crippen LogP contribution in [-0.4, -0.2) is 9.97 Å². The number of aromatic nitrogens is 2. The first kappa shape index (κ1) is 16.2. The van der Waals surface area contributed by atoms with Crippen LogP contribution in [0.25, 0.3) is 0 Å². The number of aryl methyl sites for hydroxylation is 1. The van der Waals surface area contributed by atoms with E-state index in [1.165, 1.54) is 0 Å². The highest BCUT2D eigenvalue weighted by Gasteiger charge is 2.21. The summed E-state index contributed by atoms with van der Waals surface area (Å²) in [5.74, 6) is 1.86. The maximum absolute atomic E-state index is 6.21. The molecule has 1 aromatic heterocycles. The molecule has 5 heteroatoms. The van der Waals surface area contributed by atoms with Crippen LogP contribution in [0.3, 0.4) is 0 Å². The summed E-state index contributed by atoms with van der Waals surface area (Å²) in [7, 11) is 0. The Morgan fingerprint density at radius 3 is 2.38 bits per heavy atom. The summed E-state index contributed by atoms with van der Waals surface area (Å²) < 4.78 is 6.81. The average Bonchev–Trinajstić information content (AvgIpc) is 2.36. The van der Waals surface area contributed by atoms with Gasteiger partial charge in [-0.2, -0.15) is 4.98 Å². The molecule has 1 aromatic carbocycles. The lowest BCUT2D eigenvalue weighted by Crippen LogP contribution is -2.17. The molecule has 0 aliphatic heterocycles. The Balaban J connectivity index is 2.46. The van der Waals surface area contributed by atoms with E-state index in [1.807, 2.05) is 52.8 Å². The molecule has 0 amide bonds. The molecular weight excluding hydrogens is 352 g/mol.